The summed E-state index contributed by atoms with van der Waals surface area (Å²) in [7, 11) is 0. The highest BCUT2D eigenvalue weighted by Gasteiger charge is 1.92. The summed E-state index contributed by atoms with van der Waals surface area (Å²) >= 11 is 0. The van der Waals surface area contributed by atoms with Crippen molar-refractivity contribution in [1.29, 1.82) is 0 Å². The highest BCUT2D eigenvalue weighted by Crippen LogP contribution is 2.15. The van der Waals surface area contributed by atoms with E-state index >= 15 is 0 Å². The molecule has 1 rings (SSSR count). The Morgan fingerprint density at radius 2 is 1.85 bits per heavy atom. The van der Waals surface area contributed by atoms with Crippen LogP contribution in [0.25, 0.3) is 5.57 Å². The van der Waals surface area contributed by atoms with E-state index in [-0.39, 0.29) is 0 Å². The predicted octanol–water partition coefficient (Wildman–Crippen LogP) is 3.25. The van der Waals surface area contributed by atoms with Gasteiger partial charge in [0.15, 0.2) is 0 Å². The first kappa shape index (κ1) is 9.59. The van der Waals surface area contributed by atoms with Crippen molar-refractivity contribution in [2.45, 2.75) is 13.8 Å². The minimum Gasteiger partial charge on any atom is -0.399 e. The van der Waals surface area contributed by atoms with Crippen LogP contribution in [0.4, 0.5) is 5.69 Å². The Hall–Kier alpha value is -1.50. The van der Waals surface area contributed by atoms with Crippen molar-refractivity contribution in [3.8, 4) is 0 Å². The Balaban J connectivity index is 2.89. The van der Waals surface area contributed by atoms with Crippen molar-refractivity contribution >= 4 is 11.3 Å². The molecule has 0 bridgehead atoms. The van der Waals surface area contributed by atoms with E-state index in [4.69, 9.17) is 5.73 Å². The molecular weight excluding hydrogens is 158 g/mol. The van der Waals surface area contributed by atoms with E-state index in [2.05, 4.69) is 13.0 Å². The van der Waals surface area contributed by atoms with Gasteiger partial charge in [-0.3, -0.25) is 0 Å². The van der Waals surface area contributed by atoms with Crippen molar-refractivity contribution in [1.82, 2.24) is 0 Å². The number of nitrogens with two attached hydrogens (primary N) is 1. The van der Waals surface area contributed by atoms with Crippen LogP contribution in [-0.4, -0.2) is 0 Å². The molecule has 0 heterocycles. The molecule has 1 heteroatoms. The molecule has 68 valence electrons. The zero-order valence-corrected chi connectivity index (χ0v) is 8.12. The van der Waals surface area contributed by atoms with Crippen molar-refractivity contribution in [3.63, 3.8) is 0 Å². The van der Waals surface area contributed by atoms with E-state index in [9.17, 15) is 0 Å². The first-order valence-electron chi connectivity index (χ1n) is 4.39. The molecule has 0 spiro atoms. The average Bonchev–Trinajstić information content (AvgIpc) is 2.15. The van der Waals surface area contributed by atoms with E-state index < -0.39 is 0 Å². The summed E-state index contributed by atoms with van der Waals surface area (Å²) in [6.07, 6.45) is 6.14. The molecule has 0 amide bonds. The van der Waals surface area contributed by atoms with E-state index in [1.807, 2.05) is 43.3 Å². The molecule has 0 aromatic heterocycles. The van der Waals surface area contributed by atoms with E-state index in [0.29, 0.717) is 0 Å². The number of nitrogen functional groups attached to an aromatic ring is 1. The normalized spacial score (nSPS) is 12.3. The molecule has 1 aromatic carbocycles. The van der Waals surface area contributed by atoms with Gasteiger partial charge in [-0.15, -0.1) is 0 Å². The number of hydrogen-bond donors (Lipinski definition) is 1. The monoisotopic (exact) mass is 173 g/mol. The van der Waals surface area contributed by atoms with Crippen LogP contribution in [0.15, 0.2) is 42.5 Å². The second kappa shape index (κ2) is 4.51. The Morgan fingerprint density at radius 1 is 1.23 bits per heavy atom. The molecule has 1 aromatic rings. The third-order valence-electron chi connectivity index (χ3n) is 1.90. The molecule has 0 fully saturated rings. The lowest BCUT2D eigenvalue weighted by molar-refractivity contribution is 1.56. The lowest BCUT2D eigenvalue weighted by Gasteiger charge is -2.00. The van der Waals surface area contributed by atoms with Gasteiger partial charge in [0.1, 0.15) is 0 Å². The van der Waals surface area contributed by atoms with Crippen molar-refractivity contribution < 1.29 is 0 Å². The van der Waals surface area contributed by atoms with Gasteiger partial charge >= 0.3 is 0 Å². The highest BCUT2D eigenvalue weighted by atomic mass is 14.5. The molecule has 0 radical (unpaired) electrons. The van der Waals surface area contributed by atoms with Gasteiger partial charge in [-0.2, -0.15) is 0 Å². The molecule has 0 unspecified atom stereocenters. The highest BCUT2D eigenvalue weighted by molar-refractivity contribution is 5.66. The summed E-state index contributed by atoms with van der Waals surface area (Å²) in [5.41, 5.74) is 8.86. The van der Waals surface area contributed by atoms with Crippen molar-refractivity contribution in [2.24, 2.45) is 0 Å². The number of anilines is 1. The van der Waals surface area contributed by atoms with Crippen LogP contribution in [0.5, 0.6) is 0 Å². The van der Waals surface area contributed by atoms with E-state index in [1.165, 1.54) is 11.1 Å². The maximum absolute atomic E-state index is 5.59. The van der Waals surface area contributed by atoms with Crippen LogP contribution in [0.1, 0.15) is 19.4 Å². The smallest absolute Gasteiger partial charge is 0.0314 e. The fourth-order valence-corrected chi connectivity index (χ4v) is 1.08. The molecule has 0 aliphatic rings. The van der Waals surface area contributed by atoms with Crippen LogP contribution in [-0.2, 0) is 0 Å². The second-order valence-electron chi connectivity index (χ2n) is 3.00. The fraction of sp³-hybridized carbons (Fsp3) is 0.167. The van der Waals surface area contributed by atoms with Gasteiger partial charge in [-0.25, -0.2) is 0 Å². The van der Waals surface area contributed by atoms with Gasteiger partial charge in [0.25, 0.3) is 0 Å². The van der Waals surface area contributed by atoms with E-state index in [1.54, 1.807) is 0 Å². The largest absolute Gasteiger partial charge is 0.399 e. The molecule has 0 aliphatic carbocycles. The van der Waals surface area contributed by atoms with Gasteiger partial charge in [0.2, 0.25) is 0 Å². The van der Waals surface area contributed by atoms with E-state index in [0.717, 1.165) is 5.69 Å². The summed E-state index contributed by atoms with van der Waals surface area (Å²) in [5, 5.41) is 0. The molecule has 0 saturated carbocycles. The van der Waals surface area contributed by atoms with Crippen LogP contribution in [0.2, 0.25) is 0 Å². The van der Waals surface area contributed by atoms with Crippen LogP contribution < -0.4 is 5.73 Å². The number of hydrogen-bond acceptors (Lipinski definition) is 1. The molecule has 13 heavy (non-hydrogen) atoms. The number of allylic oxidation sites excluding steroid dienone is 4. The SMILES string of the molecule is C/C=C\C=C(/C)c1ccc(N)cc1. The molecular formula is C12H15N. The third kappa shape index (κ3) is 2.79. The zero-order valence-electron chi connectivity index (χ0n) is 8.12. The Morgan fingerprint density at radius 3 is 2.38 bits per heavy atom. The first-order valence-corrected chi connectivity index (χ1v) is 4.39. The van der Waals surface area contributed by atoms with Crippen molar-refractivity contribution in [2.75, 3.05) is 5.73 Å². The molecule has 0 atom stereocenters. The quantitative estimate of drug-likeness (QED) is 0.539. The summed E-state index contributed by atoms with van der Waals surface area (Å²) in [6.45, 7) is 4.10. The van der Waals surface area contributed by atoms with Gasteiger partial charge in [-0.05, 0) is 37.1 Å². The Kier molecular flexibility index (Phi) is 3.32. The summed E-state index contributed by atoms with van der Waals surface area (Å²) in [4.78, 5) is 0. The standard InChI is InChI=1S/C12H15N/c1-3-4-5-10(2)11-6-8-12(13)9-7-11/h3-9H,13H2,1-2H3/b4-3-,10-5+. The minimum atomic E-state index is 0.808. The topological polar surface area (TPSA) is 26.0 Å². The lowest BCUT2D eigenvalue weighted by Crippen LogP contribution is -1.84. The van der Waals surface area contributed by atoms with Gasteiger partial charge in [-0.1, -0.05) is 30.4 Å². The molecule has 1 nitrogen and oxygen atoms in total. The minimum absolute atomic E-state index is 0.808. The van der Waals surface area contributed by atoms with Gasteiger partial charge < -0.3 is 5.73 Å². The van der Waals surface area contributed by atoms with Crippen molar-refractivity contribution in [3.05, 3.63) is 48.1 Å². The maximum atomic E-state index is 5.59. The molecule has 0 saturated heterocycles. The maximum Gasteiger partial charge on any atom is 0.0314 e. The molecule has 0 aliphatic heterocycles. The van der Waals surface area contributed by atoms with Gasteiger partial charge in [0, 0.05) is 5.69 Å². The Labute approximate surface area is 79.6 Å². The molecule has 2 N–H and O–H groups in total. The van der Waals surface area contributed by atoms with Gasteiger partial charge in [0.05, 0.1) is 0 Å². The first-order chi connectivity index (χ1) is 6.24. The Bertz CT molecular complexity index is 317. The third-order valence-corrected chi connectivity index (χ3v) is 1.90. The number of rotatable bonds is 2. The second-order valence-corrected chi connectivity index (χ2v) is 3.00. The summed E-state index contributed by atoms with van der Waals surface area (Å²) in [5.74, 6) is 0. The zero-order chi connectivity index (χ0) is 9.68. The summed E-state index contributed by atoms with van der Waals surface area (Å²) in [6, 6.07) is 7.90. The summed E-state index contributed by atoms with van der Waals surface area (Å²) < 4.78 is 0. The fourth-order valence-electron chi connectivity index (χ4n) is 1.08. The lowest BCUT2D eigenvalue weighted by atomic mass is 10.1. The van der Waals surface area contributed by atoms with Crippen LogP contribution in [0.3, 0.4) is 0 Å². The van der Waals surface area contributed by atoms with Crippen LogP contribution in [0, 0.1) is 0 Å². The predicted molar refractivity (Wildman–Crippen MR) is 59.3 cm³/mol. The average molecular weight is 173 g/mol. The number of benzene rings is 1. The van der Waals surface area contributed by atoms with Crippen LogP contribution >= 0.6 is 0 Å².